The summed E-state index contributed by atoms with van der Waals surface area (Å²) in [6.07, 6.45) is 0.458. The van der Waals surface area contributed by atoms with Crippen molar-refractivity contribution in [1.82, 2.24) is 0 Å². The van der Waals surface area contributed by atoms with Crippen molar-refractivity contribution in [3.8, 4) is 11.5 Å². The van der Waals surface area contributed by atoms with E-state index in [0.717, 1.165) is 5.56 Å². The maximum Gasteiger partial charge on any atom is 0.309 e. The number of benzene rings is 1. The molecule has 4 nitrogen and oxygen atoms in total. The number of carboxylic acid groups (broad SMARTS) is 1. The Morgan fingerprint density at radius 1 is 1.28 bits per heavy atom. The van der Waals surface area contributed by atoms with E-state index in [1.54, 1.807) is 13.8 Å². The third-order valence-electron chi connectivity index (χ3n) is 2.94. The molecule has 1 aromatic carbocycles. The molecule has 0 aromatic heterocycles. The summed E-state index contributed by atoms with van der Waals surface area (Å²) in [5.74, 6) is -0.0698. The van der Waals surface area contributed by atoms with Gasteiger partial charge in [-0.05, 0) is 38.0 Å². The Labute approximate surface area is 107 Å². The normalized spacial score (nSPS) is 16.7. The Morgan fingerprint density at radius 2 is 1.89 bits per heavy atom. The lowest BCUT2D eigenvalue weighted by Crippen LogP contribution is -2.29. The predicted octanol–water partition coefficient (Wildman–Crippen LogP) is 2.85. The molecule has 0 fully saturated rings. The SMILES string of the molecule is CC1(C)Oc2ccc(CC(C)(C)C(=O)O)cc2O1. The van der Waals surface area contributed by atoms with Gasteiger partial charge in [0.05, 0.1) is 5.41 Å². The minimum atomic E-state index is -0.805. The molecule has 98 valence electrons. The minimum absolute atomic E-state index is 0.458. The first-order chi connectivity index (χ1) is 8.20. The van der Waals surface area contributed by atoms with Crippen LogP contribution in [-0.2, 0) is 11.2 Å². The van der Waals surface area contributed by atoms with Crippen molar-refractivity contribution in [1.29, 1.82) is 0 Å². The summed E-state index contributed by atoms with van der Waals surface area (Å²) in [5, 5.41) is 9.12. The number of carboxylic acids is 1. The van der Waals surface area contributed by atoms with Crippen LogP contribution in [0.1, 0.15) is 33.3 Å². The fourth-order valence-corrected chi connectivity index (χ4v) is 1.96. The van der Waals surface area contributed by atoms with Gasteiger partial charge in [-0.1, -0.05) is 6.07 Å². The number of ether oxygens (including phenoxy) is 2. The number of fused-ring (bicyclic) bond motifs is 1. The van der Waals surface area contributed by atoms with E-state index in [2.05, 4.69) is 0 Å². The van der Waals surface area contributed by atoms with Crippen LogP contribution in [0.25, 0.3) is 0 Å². The largest absolute Gasteiger partial charge is 0.481 e. The van der Waals surface area contributed by atoms with Crippen molar-refractivity contribution < 1.29 is 19.4 Å². The molecule has 2 rings (SSSR count). The molecule has 1 N–H and O–H groups in total. The summed E-state index contributed by atoms with van der Waals surface area (Å²) in [6.45, 7) is 7.11. The summed E-state index contributed by atoms with van der Waals surface area (Å²) in [5.41, 5.74) is 0.144. The number of carbonyl (C=O) groups is 1. The van der Waals surface area contributed by atoms with E-state index in [9.17, 15) is 4.79 Å². The van der Waals surface area contributed by atoms with Gasteiger partial charge in [0, 0.05) is 13.8 Å². The summed E-state index contributed by atoms with van der Waals surface area (Å²) in [6, 6.07) is 5.57. The molecule has 18 heavy (non-hydrogen) atoms. The van der Waals surface area contributed by atoms with Crippen molar-refractivity contribution in [2.75, 3.05) is 0 Å². The third-order valence-corrected chi connectivity index (χ3v) is 2.94. The Kier molecular flexibility index (Phi) is 2.76. The number of rotatable bonds is 3. The zero-order valence-electron chi connectivity index (χ0n) is 11.1. The number of hydrogen-bond acceptors (Lipinski definition) is 3. The summed E-state index contributed by atoms with van der Waals surface area (Å²) >= 11 is 0. The molecule has 0 aliphatic carbocycles. The lowest BCUT2D eigenvalue weighted by molar-refractivity contribution is -0.146. The molecular weight excluding hydrogens is 232 g/mol. The van der Waals surface area contributed by atoms with Gasteiger partial charge in [-0.25, -0.2) is 0 Å². The first kappa shape index (κ1) is 12.7. The molecule has 0 unspecified atom stereocenters. The molecule has 1 aliphatic rings. The topological polar surface area (TPSA) is 55.8 Å². The third kappa shape index (κ3) is 2.42. The first-order valence-electron chi connectivity index (χ1n) is 5.94. The molecule has 0 atom stereocenters. The van der Waals surface area contributed by atoms with E-state index < -0.39 is 17.2 Å². The fraction of sp³-hybridized carbons (Fsp3) is 0.500. The van der Waals surface area contributed by atoms with Crippen LogP contribution in [-0.4, -0.2) is 16.9 Å². The monoisotopic (exact) mass is 250 g/mol. The maximum atomic E-state index is 11.1. The highest BCUT2D eigenvalue weighted by Crippen LogP contribution is 2.40. The van der Waals surface area contributed by atoms with Crippen LogP contribution in [0.15, 0.2) is 18.2 Å². The zero-order valence-corrected chi connectivity index (χ0v) is 11.1. The van der Waals surface area contributed by atoms with Crippen LogP contribution >= 0.6 is 0 Å². The first-order valence-corrected chi connectivity index (χ1v) is 5.94. The maximum absolute atomic E-state index is 11.1. The Hall–Kier alpha value is -1.71. The molecule has 0 spiro atoms. The van der Waals surface area contributed by atoms with Crippen molar-refractivity contribution >= 4 is 5.97 Å². The molecule has 0 bridgehead atoms. The smallest absolute Gasteiger partial charge is 0.309 e. The van der Waals surface area contributed by atoms with Gasteiger partial charge in [0.2, 0.25) is 5.79 Å². The second kappa shape index (κ2) is 3.90. The molecule has 1 aromatic rings. The highest BCUT2D eigenvalue weighted by Gasteiger charge is 2.33. The Bertz CT molecular complexity index is 489. The average molecular weight is 250 g/mol. The molecule has 4 heteroatoms. The molecule has 0 saturated heterocycles. The predicted molar refractivity (Wildman–Crippen MR) is 66.9 cm³/mol. The van der Waals surface area contributed by atoms with Gasteiger partial charge in [0.1, 0.15) is 0 Å². The summed E-state index contributed by atoms with van der Waals surface area (Å²) in [4.78, 5) is 11.1. The summed E-state index contributed by atoms with van der Waals surface area (Å²) in [7, 11) is 0. The van der Waals surface area contributed by atoms with E-state index in [1.165, 1.54) is 0 Å². The van der Waals surface area contributed by atoms with Gasteiger partial charge in [-0.3, -0.25) is 4.79 Å². The minimum Gasteiger partial charge on any atom is -0.481 e. The van der Waals surface area contributed by atoms with E-state index in [-0.39, 0.29) is 0 Å². The van der Waals surface area contributed by atoms with Gasteiger partial charge < -0.3 is 14.6 Å². The van der Waals surface area contributed by atoms with Gasteiger partial charge in [0.25, 0.3) is 0 Å². The van der Waals surface area contributed by atoms with Gasteiger partial charge in [-0.2, -0.15) is 0 Å². The molecule has 0 amide bonds. The summed E-state index contributed by atoms with van der Waals surface area (Å²) < 4.78 is 11.2. The van der Waals surface area contributed by atoms with Crippen LogP contribution in [0.3, 0.4) is 0 Å². The molecule has 0 radical (unpaired) electrons. The Balaban J connectivity index is 2.22. The Morgan fingerprint density at radius 3 is 2.50 bits per heavy atom. The zero-order chi connectivity index (χ0) is 13.6. The quantitative estimate of drug-likeness (QED) is 0.896. The van der Waals surface area contributed by atoms with Crippen LogP contribution in [0.5, 0.6) is 11.5 Å². The van der Waals surface area contributed by atoms with E-state index in [4.69, 9.17) is 14.6 Å². The van der Waals surface area contributed by atoms with Crippen molar-refractivity contribution in [2.45, 2.75) is 39.9 Å². The van der Waals surface area contributed by atoms with Crippen molar-refractivity contribution in [3.05, 3.63) is 23.8 Å². The van der Waals surface area contributed by atoms with Crippen molar-refractivity contribution in [2.24, 2.45) is 5.41 Å². The lowest BCUT2D eigenvalue weighted by Gasteiger charge is -2.19. The van der Waals surface area contributed by atoms with Crippen molar-refractivity contribution in [3.63, 3.8) is 0 Å². The fourth-order valence-electron chi connectivity index (χ4n) is 1.96. The van der Waals surface area contributed by atoms with Crippen LogP contribution < -0.4 is 9.47 Å². The van der Waals surface area contributed by atoms with Crippen LogP contribution in [0, 0.1) is 5.41 Å². The molecule has 0 saturated carbocycles. The van der Waals surface area contributed by atoms with Crippen LogP contribution in [0.4, 0.5) is 0 Å². The highest BCUT2D eigenvalue weighted by atomic mass is 16.7. The molecular formula is C14H18O4. The van der Waals surface area contributed by atoms with Gasteiger partial charge in [-0.15, -0.1) is 0 Å². The average Bonchev–Trinajstić information content (AvgIpc) is 2.50. The van der Waals surface area contributed by atoms with E-state index in [0.29, 0.717) is 17.9 Å². The molecule has 1 heterocycles. The van der Waals surface area contributed by atoms with Gasteiger partial charge in [0.15, 0.2) is 11.5 Å². The number of aliphatic carboxylic acids is 1. The standard InChI is InChI=1S/C14H18O4/c1-13(2,12(15)16)8-9-5-6-10-11(7-9)18-14(3,4)17-10/h5-7H,8H2,1-4H3,(H,15,16). The second-order valence-corrected chi connectivity index (χ2v) is 5.75. The number of hydrogen-bond donors (Lipinski definition) is 1. The highest BCUT2D eigenvalue weighted by molar-refractivity contribution is 5.74. The van der Waals surface area contributed by atoms with Gasteiger partial charge >= 0.3 is 5.97 Å². The van der Waals surface area contributed by atoms with E-state index in [1.807, 2.05) is 32.0 Å². The lowest BCUT2D eigenvalue weighted by atomic mass is 9.86. The molecule has 1 aliphatic heterocycles. The van der Waals surface area contributed by atoms with E-state index >= 15 is 0 Å². The van der Waals surface area contributed by atoms with Crippen LogP contribution in [0.2, 0.25) is 0 Å². The second-order valence-electron chi connectivity index (χ2n) is 5.75.